The molecule has 4 rings (SSSR count). The van der Waals surface area contributed by atoms with Gasteiger partial charge >= 0.3 is 0 Å². The van der Waals surface area contributed by atoms with Crippen molar-refractivity contribution >= 4 is 27.3 Å². The number of carbonyl (C=O) groups excluding carboxylic acids is 1. The van der Waals surface area contributed by atoms with Gasteiger partial charge in [-0.25, -0.2) is 8.42 Å². The normalized spacial score (nSPS) is 18.1. The second-order valence-corrected chi connectivity index (χ2v) is 10.1. The van der Waals surface area contributed by atoms with Gasteiger partial charge in [0.1, 0.15) is 10.9 Å². The van der Waals surface area contributed by atoms with Gasteiger partial charge in [-0.2, -0.15) is 9.40 Å². The standard InChI is InChI=1S/C21H24N4O3S2/c1-3-24-15-18(14-22-24)30(27,28)25-11-10-23(2)21(26)19(25)13-16-6-8-17(9-7-16)20-5-4-12-29-20/h4-9,12,14-15,19H,3,10-11,13H2,1-2H3/t19-/m1/s1. The molecule has 7 nitrogen and oxygen atoms in total. The molecule has 30 heavy (non-hydrogen) atoms. The summed E-state index contributed by atoms with van der Waals surface area (Å²) in [5.74, 6) is -0.185. The van der Waals surface area contributed by atoms with E-state index in [1.54, 1.807) is 28.0 Å². The van der Waals surface area contributed by atoms with Crippen LogP contribution in [0.5, 0.6) is 0 Å². The van der Waals surface area contributed by atoms with Crippen molar-refractivity contribution in [3.63, 3.8) is 0 Å². The van der Waals surface area contributed by atoms with E-state index in [9.17, 15) is 13.2 Å². The third-order valence-corrected chi connectivity index (χ3v) is 8.17. The molecular formula is C21H24N4O3S2. The van der Waals surface area contributed by atoms with Gasteiger partial charge in [0.05, 0.1) is 6.20 Å². The van der Waals surface area contributed by atoms with Gasteiger partial charge in [-0.05, 0) is 35.9 Å². The number of carbonyl (C=O) groups is 1. The molecule has 1 aliphatic rings. The van der Waals surface area contributed by atoms with Crippen LogP contribution in [0.25, 0.3) is 10.4 Å². The van der Waals surface area contributed by atoms with E-state index in [-0.39, 0.29) is 17.3 Å². The Morgan fingerprint density at radius 2 is 1.93 bits per heavy atom. The van der Waals surface area contributed by atoms with Gasteiger partial charge in [-0.15, -0.1) is 11.3 Å². The van der Waals surface area contributed by atoms with E-state index in [0.717, 1.165) is 11.1 Å². The number of amides is 1. The maximum atomic E-state index is 13.3. The molecule has 9 heteroatoms. The molecule has 3 heterocycles. The Balaban J connectivity index is 1.61. The Hall–Kier alpha value is -2.49. The van der Waals surface area contributed by atoms with Crippen LogP contribution < -0.4 is 0 Å². The zero-order valence-electron chi connectivity index (χ0n) is 16.9. The SMILES string of the molecule is CCn1cc(S(=O)(=O)N2CCN(C)C(=O)[C@H]2Cc2ccc(-c3cccs3)cc2)cn1. The Morgan fingerprint density at radius 3 is 2.57 bits per heavy atom. The first-order chi connectivity index (χ1) is 14.4. The molecule has 0 radical (unpaired) electrons. The summed E-state index contributed by atoms with van der Waals surface area (Å²) in [4.78, 5) is 15.8. The second-order valence-electron chi connectivity index (χ2n) is 7.30. The third-order valence-electron chi connectivity index (χ3n) is 5.39. The van der Waals surface area contributed by atoms with Gasteiger partial charge in [0.25, 0.3) is 0 Å². The Kier molecular flexibility index (Phi) is 5.77. The Morgan fingerprint density at radius 1 is 1.17 bits per heavy atom. The molecule has 1 saturated heterocycles. The van der Waals surface area contributed by atoms with E-state index in [1.807, 2.05) is 42.6 Å². The molecule has 1 amide bonds. The van der Waals surface area contributed by atoms with Crippen molar-refractivity contribution in [3.8, 4) is 10.4 Å². The summed E-state index contributed by atoms with van der Waals surface area (Å²) in [5, 5.41) is 6.12. The summed E-state index contributed by atoms with van der Waals surface area (Å²) in [6.07, 6.45) is 3.20. The van der Waals surface area contributed by atoms with Gasteiger partial charge in [0, 0.05) is 37.8 Å². The number of likely N-dealkylation sites (N-methyl/N-ethyl adjacent to an activating group) is 1. The van der Waals surface area contributed by atoms with E-state index in [4.69, 9.17) is 0 Å². The number of thiophene rings is 1. The Bertz CT molecular complexity index is 1120. The van der Waals surface area contributed by atoms with Crippen LogP contribution in [-0.2, 0) is 27.8 Å². The first-order valence-corrected chi connectivity index (χ1v) is 12.1. The zero-order chi connectivity index (χ0) is 21.3. The molecule has 1 atom stereocenters. The lowest BCUT2D eigenvalue weighted by Crippen LogP contribution is -2.58. The third kappa shape index (κ3) is 3.92. The number of sulfonamides is 1. The molecule has 0 spiro atoms. The largest absolute Gasteiger partial charge is 0.343 e. The highest BCUT2D eigenvalue weighted by Gasteiger charge is 2.41. The van der Waals surface area contributed by atoms with Crippen molar-refractivity contribution < 1.29 is 13.2 Å². The first kappa shape index (κ1) is 20.8. The van der Waals surface area contributed by atoms with Crippen LogP contribution in [0.1, 0.15) is 12.5 Å². The molecule has 0 aliphatic carbocycles. The average Bonchev–Trinajstić information content (AvgIpc) is 3.44. The summed E-state index contributed by atoms with van der Waals surface area (Å²) < 4.78 is 29.5. The smallest absolute Gasteiger partial charge is 0.246 e. The topological polar surface area (TPSA) is 75.5 Å². The molecule has 2 aromatic heterocycles. The van der Waals surface area contributed by atoms with E-state index in [1.165, 1.54) is 21.6 Å². The van der Waals surface area contributed by atoms with Gasteiger partial charge in [0.15, 0.2) is 0 Å². The van der Waals surface area contributed by atoms with Crippen LogP contribution in [0.15, 0.2) is 59.1 Å². The highest BCUT2D eigenvalue weighted by Crippen LogP contribution is 2.27. The fraction of sp³-hybridized carbons (Fsp3) is 0.333. The highest BCUT2D eigenvalue weighted by atomic mass is 32.2. The number of hydrogen-bond acceptors (Lipinski definition) is 5. The monoisotopic (exact) mass is 444 g/mol. The summed E-state index contributed by atoms with van der Waals surface area (Å²) in [6.45, 7) is 3.11. The molecular weight excluding hydrogens is 420 g/mol. The minimum atomic E-state index is -3.82. The van der Waals surface area contributed by atoms with Crippen molar-refractivity contribution in [2.45, 2.75) is 30.8 Å². The molecule has 0 bridgehead atoms. The lowest BCUT2D eigenvalue weighted by molar-refractivity contribution is -0.137. The predicted molar refractivity (Wildman–Crippen MR) is 117 cm³/mol. The van der Waals surface area contributed by atoms with Crippen molar-refractivity contribution in [1.29, 1.82) is 0 Å². The highest BCUT2D eigenvalue weighted by molar-refractivity contribution is 7.89. The van der Waals surface area contributed by atoms with Crippen molar-refractivity contribution in [2.24, 2.45) is 0 Å². The molecule has 1 aromatic carbocycles. The number of aromatic nitrogens is 2. The lowest BCUT2D eigenvalue weighted by Gasteiger charge is -2.38. The van der Waals surface area contributed by atoms with E-state index in [2.05, 4.69) is 11.2 Å². The number of hydrogen-bond donors (Lipinski definition) is 0. The van der Waals surface area contributed by atoms with Crippen LogP contribution in [0, 0.1) is 0 Å². The van der Waals surface area contributed by atoms with Gasteiger partial charge < -0.3 is 4.90 Å². The zero-order valence-corrected chi connectivity index (χ0v) is 18.6. The van der Waals surface area contributed by atoms with Crippen LogP contribution in [0.4, 0.5) is 0 Å². The van der Waals surface area contributed by atoms with Crippen LogP contribution in [0.3, 0.4) is 0 Å². The minimum Gasteiger partial charge on any atom is -0.343 e. The molecule has 0 N–H and O–H groups in total. The predicted octanol–water partition coefficient (Wildman–Crippen LogP) is 2.71. The molecule has 0 saturated carbocycles. The Labute approximate surface area is 180 Å². The molecule has 1 aliphatic heterocycles. The summed E-state index contributed by atoms with van der Waals surface area (Å²) in [6, 6.07) is 11.3. The number of benzene rings is 1. The van der Waals surface area contributed by atoms with Gasteiger partial charge in [0.2, 0.25) is 15.9 Å². The average molecular weight is 445 g/mol. The van der Waals surface area contributed by atoms with Crippen LogP contribution in [-0.4, -0.2) is 59.5 Å². The summed E-state index contributed by atoms with van der Waals surface area (Å²) in [7, 11) is -2.10. The molecule has 3 aromatic rings. The van der Waals surface area contributed by atoms with Gasteiger partial charge in [-0.1, -0.05) is 30.3 Å². The fourth-order valence-corrected chi connectivity index (χ4v) is 5.89. The maximum absolute atomic E-state index is 13.3. The minimum absolute atomic E-state index is 0.125. The maximum Gasteiger partial charge on any atom is 0.246 e. The summed E-state index contributed by atoms with van der Waals surface area (Å²) >= 11 is 1.67. The van der Waals surface area contributed by atoms with E-state index < -0.39 is 16.1 Å². The molecule has 158 valence electrons. The number of nitrogens with zero attached hydrogens (tertiary/aromatic N) is 4. The quantitative estimate of drug-likeness (QED) is 0.586. The van der Waals surface area contributed by atoms with Crippen molar-refractivity contribution in [1.82, 2.24) is 19.0 Å². The number of aryl methyl sites for hydroxylation is 1. The van der Waals surface area contributed by atoms with Crippen LogP contribution >= 0.6 is 11.3 Å². The second kappa shape index (κ2) is 8.33. The number of piperazine rings is 1. The van der Waals surface area contributed by atoms with Gasteiger partial charge in [-0.3, -0.25) is 9.48 Å². The van der Waals surface area contributed by atoms with E-state index >= 15 is 0 Å². The summed E-state index contributed by atoms with van der Waals surface area (Å²) in [5.41, 5.74) is 2.03. The molecule has 0 unspecified atom stereocenters. The van der Waals surface area contributed by atoms with Crippen LogP contribution in [0.2, 0.25) is 0 Å². The van der Waals surface area contributed by atoms with E-state index in [0.29, 0.717) is 19.5 Å². The first-order valence-electron chi connectivity index (χ1n) is 9.82. The van der Waals surface area contributed by atoms with Crippen molar-refractivity contribution in [2.75, 3.05) is 20.1 Å². The van der Waals surface area contributed by atoms with Crippen molar-refractivity contribution in [3.05, 3.63) is 59.7 Å². The fourth-order valence-electron chi connectivity index (χ4n) is 3.63. The molecule has 1 fully saturated rings. The number of rotatable bonds is 6. The lowest BCUT2D eigenvalue weighted by atomic mass is 10.0.